The summed E-state index contributed by atoms with van der Waals surface area (Å²) in [5.41, 5.74) is -1.54. The molecule has 0 aliphatic carbocycles. The number of carboxylic acid groups (broad SMARTS) is 1. The molecule has 86 valence electrons. The Bertz CT molecular complexity index is 279. The van der Waals surface area contributed by atoms with Crippen LogP contribution in [0.2, 0.25) is 0 Å². The summed E-state index contributed by atoms with van der Waals surface area (Å²) in [6.45, 7) is 4.01. The lowest BCUT2D eigenvalue weighted by Gasteiger charge is -2.20. The first kappa shape index (κ1) is 13.6. The molecule has 6 heteroatoms. The Morgan fingerprint density at radius 3 is 2.13 bits per heavy atom. The molecule has 0 heterocycles. The molecule has 0 bridgehead atoms. The molecule has 0 saturated carbocycles. The largest absolute Gasteiger partial charge is 0.481 e. The van der Waals surface area contributed by atoms with Crippen LogP contribution in [0.5, 0.6) is 0 Å². The normalized spacial score (nSPS) is 13.1. The van der Waals surface area contributed by atoms with Crippen molar-refractivity contribution in [2.45, 2.75) is 26.4 Å². The van der Waals surface area contributed by atoms with Crippen LogP contribution in [0.4, 0.5) is 0 Å². The molecule has 0 unspecified atom stereocenters. The first-order valence-electron chi connectivity index (χ1n) is 4.34. The van der Waals surface area contributed by atoms with E-state index >= 15 is 0 Å². The second kappa shape index (κ2) is 4.88. The van der Waals surface area contributed by atoms with Gasteiger partial charge in [0.2, 0.25) is 0 Å². The van der Waals surface area contributed by atoms with E-state index in [0.29, 0.717) is 0 Å². The zero-order valence-electron chi connectivity index (χ0n) is 8.90. The number of carbonyl (C=O) groups is 2. The summed E-state index contributed by atoms with van der Waals surface area (Å²) in [5.74, 6) is -3.97. The van der Waals surface area contributed by atoms with Crippen molar-refractivity contribution in [2.75, 3.05) is 6.61 Å². The summed E-state index contributed by atoms with van der Waals surface area (Å²) in [7, 11) is 0. The van der Waals surface area contributed by atoms with Gasteiger partial charge in [-0.25, -0.2) is 4.79 Å². The van der Waals surface area contributed by atoms with Crippen molar-refractivity contribution >= 4 is 17.7 Å². The molecule has 0 fully saturated rings. The predicted octanol–water partition coefficient (Wildman–Crippen LogP) is 0.0410. The van der Waals surface area contributed by atoms with E-state index in [9.17, 15) is 9.59 Å². The van der Waals surface area contributed by atoms with Crippen LogP contribution in [-0.2, 0) is 14.3 Å². The Hall–Kier alpha value is -1.43. The van der Waals surface area contributed by atoms with Gasteiger partial charge in [-0.3, -0.25) is 10.2 Å². The minimum Gasteiger partial charge on any atom is -0.481 e. The molecule has 0 saturated heterocycles. The fourth-order valence-electron chi connectivity index (χ4n) is 0.768. The van der Waals surface area contributed by atoms with E-state index in [2.05, 4.69) is 0 Å². The highest BCUT2D eigenvalue weighted by Crippen LogP contribution is 2.10. The topological polar surface area (TPSA) is 108 Å². The number of rotatable bonds is 4. The fourth-order valence-corrected chi connectivity index (χ4v) is 0.768. The average molecular weight is 217 g/mol. The Labute approximate surface area is 87.4 Å². The Balaban J connectivity index is 4.57. The van der Waals surface area contributed by atoms with Crippen LogP contribution in [0.15, 0.2) is 0 Å². The summed E-state index contributed by atoms with van der Waals surface area (Å²) < 4.78 is 4.79. The number of ether oxygens (including phenoxy) is 1. The lowest BCUT2D eigenvalue weighted by Crippen LogP contribution is -2.37. The number of esters is 1. The number of aliphatic carboxylic acids is 1. The molecule has 0 aromatic rings. The minimum atomic E-state index is -1.53. The summed E-state index contributed by atoms with van der Waals surface area (Å²) in [6.07, 6.45) is 0. The Kier molecular flexibility index (Phi) is 4.41. The molecule has 0 radical (unpaired) electrons. The number of carboxylic acids is 1. The Morgan fingerprint density at radius 1 is 1.40 bits per heavy atom. The summed E-state index contributed by atoms with van der Waals surface area (Å²) >= 11 is 0. The molecule has 1 atom stereocenters. The van der Waals surface area contributed by atoms with Crippen molar-refractivity contribution < 1.29 is 24.5 Å². The highest BCUT2D eigenvalue weighted by Gasteiger charge is 2.30. The zero-order valence-corrected chi connectivity index (χ0v) is 8.90. The molecule has 0 spiro atoms. The number of hydrogen-bond acceptors (Lipinski definition) is 5. The molecule has 0 rings (SSSR count). The van der Waals surface area contributed by atoms with Crippen LogP contribution in [0, 0.1) is 11.3 Å². The Morgan fingerprint density at radius 2 is 1.87 bits per heavy atom. The highest BCUT2D eigenvalue weighted by atomic mass is 16.6. The standard InChI is InChI=1S/C9H15NO5/c1-9(2,3)15-8(14)6(10)5(4-11)7(12)13/h5,10-11H,4H2,1-3H3,(H,12,13)/t5-/m1/s1. The smallest absolute Gasteiger partial charge is 0.353 e. The third-order valence-corrected chi connectivity index (χ3v) is 1.45. The van der Waals surface area contributed by atoms with E-state index < -0.39 is 35.8 Å². The summed E-state index contributed by atoms with van der Waals surface area (Å²) in [4.78, 5) is 21.8. The molecular weight excluding hydrogens is 202 g/mol. The van der Waals surface area contributed by atoms with Gasteiger partial charge in [-0.15, -0.1) is 0 Å². The van der Waals surface area contributed by atoms with Gasteiger partial charge in [-0.1, -0.05) is 0 Å². The van der Waals surface area contributed by atoms with Crippen LogP contribution in [0.3, 0.4) is 0 Å². The second-order valence-corrected chi connectivity index (χ2v) is 3.99. The van der Waals surface area contributed by atoms with Gasteiger partial charge in [0, 0.05) is 0 Å². The summed E-state index contributed by atoms with van der Waals surface area (Å²) in [6, 6.07) is 0. The highest BCUT2D eigenvalue weighted by molar-refractivity contribution is 6.39. The van der Waals surface area contributed by atoms with Gasteiger partial charge >= 0.3 is 11.9 Å². The van der Waals surface area contributed by atoms with Crippen molar-refractivity contribution in [3.05, 3.63) is 0 Å². The number of carbonyl (C=O) groups excluding carboxylic acids is 1. The second-order valence-electron chi connectivity index (χ2n) is 3.99. The van der Waals surface area contributed by atoms with Crippen molar-refractivity contribution in [2.24, 2.45) is 5.92 Å². The van der Waals surface area contributed by atoms with Gasteiger partial charge in [-0.2, -0.15) is 0 Å². The van der Waals surface area contributed by atoms with E-state index in [1.54, 1.807) is 20.8 Å². The van der Waals surface area contributed by atoms with Gasteiger partial charge in [0.15, 0.2) is 0 Å². The van der Waals surface area contributed by atoms with Gasteiger partial charge < -0.3 is 14.9 Å². The zero-order chi connectivity index (χ0) is 12.2. The van der Waals surface area contributed by atoms with Crippen molar-refractivity contribution in [3.8, 4) is 0 Å². The molecular formula is C9H15NO5. The number of aliphatic hydroxyl groups is 1. The summed E-state index contributed by atoms with van der Waals surface area (Å²) in [5, 5.41) is 24.5. The lowest BCUT2D eigenvalue weighted by molar-refractivity contribution is -0.149. The maximum absolute atomic E-state index is 11.2. The van der Waals surface area contributed by atoms with E-state index in [0.717, 1.165) is 0 Å². The molecule has 0 amide bonds. The van der Waals surface area contributed by atoms with Crippen molar-refractivity contribution in [1.82, 2.24) is 0 Å². The predicted molar refractivity (Wildman–Crippen MR) is 51.8 cm³/mol. The van der Waals surface area contributed by atoms with Crippen molar-refractivity contribution in [1.29, 1.82) is 5.41 Å². The quantitative estimate of drug-likeness (QED) is 0.455. The number of hydrogen-bond donors (Lipinski definition) is 3. The van der Waals surface area contributed by atoms with Crippen LogP contribution in [0.25, 0.3) is 0 Å². The molecule has 15 heavy (non-hydrogen) atoms. The van der Waals surface area contributed by atoms with E-state index in [-0.39, 0.29) is 0 Å². The van der Waals surface area contributed by atoms with Crippen LogP contribution in [0.1, 0.15) is 20.8 Å². The van der Waals surface area contributed by atoms with Crippen LogP contribution in [-0.4, -0.2) is 40.1 Å². The van der Waals surface area contributed by atoms with E-state index in [1.807, 2.05) is 0 Å². The first-order valence-corrected chi connectivity index (χ1v) is 4.34. The lowest BCUT2D eigenvalue weighted by atomic mass is 10.0. The average Bonchev–Trinajstić information content (AvgIpc) is 2.01. The van der Waals surface area contributed by atoms with Crippen LogP contribution < -0.4 is 0 Å². The molecule has 0 aliphatic heterocycles. The molecule has 0 aliphatic rings. The molecule has 0 aromatic heterocycles. The van der Waals surface area contributed by atoms with Gasteiger partial charge in [-0.05, 0) is 20.8 Å². The third kappa shape index (κ3) is 4.55. The van der Waals surface area contributed by atoms with Crippen molar-refractivity contribution in [3.63, 3.8) is 0 Å². The van der Waals surface area contributed by atoms with Crippen LogP contribution >= 0.6 is 0 Å². The van der Waals surface area contributed by atoms with E-state index in [4.69, 9.17) is 20.4 Å². The van der Waals surface area contributed by atoms with Gasteiger partial charge in [0.25, 0.3) is 0 Å². The fraction of sp³-hybridized carbons (Fsp3) is 0.667. The molecule has 3 N–H and O–H groups in total. The molecule has 6 nitrogen and oxygen atoms in total. The van der Waals surface area contributed by atoms with Gasteiger partial charge in [0.1, 0.15) is 17.2 Å². The number of aliphatic hydroxyl groups excluding tert-OH is 1. The SMILES string of the molecule is CC(C)(C)OC(=O)C(=N)[C@@H](CO)C(=O)O. The maximum Gasteiger partial charge on any atom is 0.353 e. The minimum absolute atomic E-state index is 0.750. The molecule has 0 aromatic carbocycles. The first-order chi connectivity index (χ1) is 6.69. The monoisotopic (exact) mass is 217 g/mol. The van der Waals surface area contributed by atoms with E-state index in [1.165, 1.54) is 0 Å². The van der Waals surface area contributed by atoms with Gasteiger partial charge in [0.05, 0.1) is 6.61 Å². The third-order valence-electron chi connectivity index (χ3n) is 1.45. The maximum atomic E-state index is 11.2. The number of nitrogens with one attached hydrogen (secondary N) is 1.